The molecule has 13 heavy (non-hydrogen) atoms. The van der Waals surface area contributed by atoms with Crippen LogP contribution in [0.15, 0.2) is 0 Å². The van der Waals surface area contributed by atoms with Crippen LogP contribution in [0, 0.1) is 0 Å². The van der Waals surface area contributed by atoms with Crippen molar-refractivity contribution >= 4 is 5.97 Å². The van der Waals surface area contributed by atoms with Crippen LogP contribution in [-0.2, 0) is 14.3 Å². The van der Waals surface area contributed by atoms with E-state index >= 15 is 0 Å². The minimum absolute atomic E-state index is 0.0774. The molecule has 72 valence electrons. The molecule has 0 aromatic rings. The first-order valence-corrected chi connectivity index (χ1v) is 5.18. The Morgan fingerprint density at radius 3 is 2.62 bits per heavy atom. The molecule has 0 amide bonds. The standard InChI is InChI=1S/C10H14O3/c11-9(12-7-3-4-7)8-10(13-8)5-1-2-6-10/h7-8H,1-6H2. The molecule has 0 aromatic carbocycles. The van der Waals surface area contributed by atoms with Gasteiger partial charge < -0.3 is 9.47 Å². The summed E-state index contributed by atoms with van der Waals surface area (Å²) in [6.07, 6.45) is 6.61. The number of carbonyl (C=O) groups excluding carboxylic acids is 1. The summed E-state index contributed by atoms with van der Waals surface area (Å²) in [4.78, 5) is 11.5. The maximum Gasteiger partial charge on any atom is 0.338 e. The lowest BCUT2D eigenvalue weighted by Crippen LogP contribution is -2.20. The first kappa shape index (κ1) is 7.80. The molecule has 0 bridgehead atoms. The van der Waals surface area contributed by atoms with Gasteiger partial charge in [-0.3, -0.25) is 0 Å². The van der Waals surface area contributed by atoms with Crippen molar-refractivity contribution in [3.63, 3.8) is 0 Å². The third-order valence-electron chi connectivity index (χ3n) is 3.24. The van der Waals surface area contributed by atoms with Crippen molar-refractivity contribution in [1.82, 2.24) is 0 Å². The largest absolute Gasteiger partial charge is 0.460 e. The van der Waals surface area contributed by atoms with Gasteiger partial charge in [0.25, 0.3) is 0 Å². The summed E-state index contributed by atoms with van der Waals surface area (Å²) in [6, 6.07) is 0. The maximum atomic E-state index is 11.5. The van der Waals surface area contributed by atoms with Crippen LogP contribution < -0.4 is 0 Å². The smallest absolute Gasteiger partial charge is 0.338 e. The van der Waals surface area contributed by atoms with E-state index in [2.05, 4.69) is 0 Å². The summed E-state index contributed by atoms with van der Waals surface area (Å²) in [6.45, 7) is 0. The SMILES string of the molecule is O=C(OC1CC1)C1OC12CCCC2. The summed E-state index contributed by atoms with van der Waals surface area (Å²) in [5, 5.41) is 0. The van der Waals surface area contributed by atoms with E-state index in [1.54, 1.807) is 0 Å². The van der Waals surface area contributed by atoms with E-state index in [0.29, 0.717) is 0 Å². The summed E-state index contributed by atoms with van der Waals surface area (Å²) in [5.74, 6) is -0.107. The number of ether oxygens (including phenoxy) is 2. The van der Waals surface area contributed by atoms with Crippen molar-refractivity contribution in [3.05, 3.63) is 0 Å². The van der Waals surface area contributed by atoms with E-state index in [1.807, 2.05) is 0 Å². The lowest BCUT2D eigenvalue weighted by Gasteiger charge is -2.01. The fourth-order valence-corrected chi connectivity index (χ4v) is 2.23. The molecule has 0 aromatic heterocycles. The molecule has 1 aliphatic heterocycles. The fraction of sp³-hybridized carbons (Fsp3) is 0.900. The van der Waals surface area contributed by atoms with Crippen LogP contribution in [0.25, 0.3) is 0 Å². The monoisotopic (exact) mass is 182 g/mol. The van der Waals surface area contributed by atoms with Gasteiger partial charge in [-0.2, -0.15) is 0 Å². The van der Waals surface area contributed by atoms with E-state index in [0.717, 1.165) is 25.7 Å². The summed E-state index contributed by atoms with van der Waals surface area (Å²) >= 11 is 0. The Bertz CT molecular complexity index is 239. The van der Waals surface area contributed by atoms with E-state index in [9.17, 15) is 4.79 Å². The second-order valence-electron chi connectivity index (χ2n) is 4.41. The molecule has 2 saturated carbocycles. The molecular formula is C10H14O3. The van der Waals surface area contributed by atoms with Crippen molar-refractivity contribution in [1.29, 1.82) is 0 Å². The first-order chi connectivity index (χ1) is 6.30. The molecule has 1 spiro atoms. The number of esters is 1. The lowest BCUT2D eigenvalue weighted by atomic mass is 10.0. The molecule has 1 heterocycles. The van der Waals surface area contributed by atoms with Crippen LogP contribution in [-0.4, -0.2) is 23.8 Å². The van der Waals surface area contributed by atoms with Gasteiger partial charge in [0.2, 0.25) is 0 Å². The van der Waals surface area contributed by atoms with Crippen molar-refractivity contribution in [3.8, 4) is 0 Å². The molecule has 3 rings (SSSR count). The number of carbonyl (C=O) groups is 1. The van der Waals surface area contributed by atoms with Crippen LogP contribution in [0.1, 0.15) is 38.5 Å². The van der Waals surface area contributed by atoms with Crippen molar-refractivity contribution < 1.29 is 14.3 Å². The number of hydrogen-bond acceptors (Lipinski definition) is 3. The zero-order valence-electron chi connectivity index (χ0n) is 7.62. The zero-order chi connectivity index (χ0) is 8.89. The maximum absolute atomic E-state index is 11.5. The van der Waals surface area contributed by atoms with E-state index in [4.69, 9.17) is 9.47 Å². The van der Waals surface area contributed by atoms with E-state index in [1.165, 1.54) is 12.8 Å². The Labute approximate surface area is 77.4 Å². The third kappa shape index (κ3) is 1.26. The van der Waals surface area contributed by atoms with Gasteiger partial charge in [-0.1, -0.05) is 12.8 Å². The summed E-state index contributed by atoms with van der Waals surface area (Å²) in [5.41, 5.74) is -0.0774. The first-order valence-electron chi connectivity index (χ1n) is 5.18. The Morgan fingerprint density at radius 1 is 1.31 bits per heavy atom. The predicted molar refractivity (Wildman–Crippen MR) is 45.2 cm³/mol. The fourth-order valence-electron chi connectivity index (χ4n) is 2.23. The second-order valence-corrected chi connectivity index (χ2v) is 4.41. The molecule has 2 aliphatic carbocycles. The predicted octanol–water partition coefficient (Wildman–Crippen LogP) is 1.40. The molecule has 1 unspecified atom stereocenters. The third-order valence-corrected chi connectivity index (χ3v) is 3.24. The highest BCUT2D eigenvalue weighted by Gasteiger charge is 2.62. The topological polar surface area (TPSA) is 38.8 Å². The van der Waals surface area contributed by atoms with Gasteiger partial charge in [-0.05, 0) is 25.7 Å². The Kier molecular flexibility index (Phi) is 1.48. The number of hydrogen-bond donors (Lipinski definition) is 0. The molecular weight excluding hydrogens is 168 g/mol. The van der Waals surface area contributed by atoms with Gasteiger partial charge >= 0.3 is 5.97 Å². The highest BCUT2D eigenvalue weighted by molar-refractivity contribution is 5.79. The quantitative estimate of drug-likeness (QED) is 0.478. The summed E-state index contributed by atoms with van der Waals surface area (Å²) < 4.78 is 10.7. The number of epoxide rings is 1. The van der Waals surface area contributed by atoms with Gasteiger partial charge in [-0.15, -0.1) is 0 Å². The van der Waals surface area contributed by atoms with Crippen LogP contribution in [0.3, 0.4) is 0 Å². The molecule has 0 N–H and O–H groups in total. The summed E-state index contributed by atoms with van der Waals surface area (Å²) in [7, 11) is 0. The molecule has 0 radical (unpaired) electrons. The Hall–Kier alpha value is -0.570. The van der Waals surface area contributed by atoms with E-state index in [-0.39, 0.29) is 23.8 Å². The van der Waals surface area contributed by atoms with Crippen LogP contribution in [0.2, 0.25) is 0 Å². The van der Waals surface area contributed by atoms with E-state index < -0.39 is 0 Å². The zero-order valence-corrected chi connectivity index (χ0v) is 7.62. The van der Waals surface area contributed by atoms with Gasteiger partial charge in [0.05, 0.1) is 0 Å². The number of rotatable bonds is 2. The highest BCUT2D eigenvalue weighted by Crippen LogP contribution is 2.50. The average molecular weight is 182 g/mol. The molecule has 3 fully saturated rings. The van der Waals surface area contributed by atoms with Gasteiger partial charge in [0.15, 0.2) is 6.10 Å². The normalized spacial score (nSPS) is 34.9. The van der Waals surface area contributed by atoms with Crippen LogP contribution >= 0.6 is 0 Å². The van der Waals surface area contributed by atoms with Crippen molar-refractivity contribution in [2.75, 3.05) is 0 Å². The minimum atomic E-state index is -0.212. The second kappa shape index (κ2) is 2.47. The molecule has 3 aliphatic rings. The van der Waals surface area contributed by atoms with Gasteiger partial charge in [-0.25, -0.2) is 4.79 Å². The van der Waals surface area contributed by atoms with Crippen molar-refractivity contribution in [2.24, 2.45) is 0 Å². The molecule has 3 heteroatoms. The molecule has 3 nitrogen and oxygen atoms in total. The highest BCUT2D eigenvalue weighted by atomic mass is 16.7. The van der Waals surface area contributed by atoms with Crippen LogP contribution in [0.5, 0.6) is 0 Å². The van der Waals surface area contributed by atoms with Crippen molar-refractivity contribution in [2.45, 2.75) is 56.3 Å². The lowest BCUT2D eigenvalue weighted by molar-refractivity contribution is -0.146. The minimum Gasteiger partial charge on any atom is -0.460 e. The Morgan fingerprint density at radius 2 is 2.00 bits per heavy atom. The van der Waals surface area contributed by atoms with Crippen LogP contribution in [0.4, 0.5) is 0 Å². The van der Waals surface area contributed by atoms with Gasteiger partial charge in [0, 0.05) is 0 Å². The molecule has 1 atom stereocenters. The Balaban J connectivity index is 1.58. The van der Waals surface area contributed by atoms with Gasteiger partial charge in [0.1, 0.15) is 11.7 Å². The average Bonchev–Trinajstić information content (AvgIpc) is 2.93. The molecule has 1 saturated heterocycles.